The minimum absolute atomic E-state index is 0.175. The van der Waals surface area contributed by atoms with Crippen LogP contribution in [0.5, 0.6) is 0 Å². The normalized spacial score (nSPS) is 20.0. The number of sulfonamides is 1. The van der Waals surface area contributed by atoms with E-state index in [0.717, 1.165) is 0 Å². The molecule has 1 heterocycles. The van der Waals surface area contributed by atoms with Crippen molar-refractivity contribution in [2.45, 2.75) is 30.2 Å². The molecular weight excluding hydrogens is 321 g/mol. The number of rotatable bonds is 3. The van der Waals surface area contributed by atoms with Crippen molar-refractivity contribution < 1.29 is 13.2 Å². The molecule has 0 aliphatic carbocycles. The number of alkyl halides is 1. The highest BCUT2D eigenvalue weighted by molar-refractivity contribution is 7.89. The van der Waals surface area contributed by atoms with Gasteiger partial charge in [-0.3, -0.25) is 0 Å². The van der Waals surface area contributed by atoms with Crippen LogP contribution in [0.1, 0.15) is 19.4 Å². The van der Waals surface area contributed by atoms with Crippen molar-refractivity contribution in [3.8, 4) is 0 Å². The van der Waals surface area contributed by atoms with Gasteiger partial charge >= 0.3 is 0 Å². The second-order valence-corrected chi connectivity index (χ2v) is 7.87. The van der Waals surface area contributed by atoms with Crippen LogP contribution in [-0.4, -0.2) is 38.0 Å². The molecule has 4 nitrogen and oxygen atoms in total. The molecule has 1 aromatic rings. The molecule has 0 atom stereocenters. The molecular formula is C13H17Cl2NO3S. The van der Waals surface area contributed by atoms with E-state index in [9.17, 15) is 8.42 Å². The molecule has 0 saturated carbocycles. The smallest absolute Gasteiger partial charge is 0.243 e. The molecule has 0 aromatic heterocycles. The predicted octanol–water partition coefficient (Wildman–Crippen LogP) is 2.88. The van der Waals surface area contributed by atoms with E-state index in [1.807, 2.05) is 13.8 Å². The van der Waals surface area contributed by atoms with E-state index in [2.05, 4.69) is 0 Å². The SMILES string of the molecule is CC1(C)COCCN1S(=O)(=O)c1ccc(Cl)c(CCl)c1. The average molecular weight is 338 g/mol. The van der Waals surface area contributed by atoms with Crippen LogP contribution in [0.3, 0.4) is 0 Å². The second kappa shape index (κ2) is 5.81. The van der Waals surface area contributed by atoms with Gasteiger partial charge in [-0.1, -0.05) is 11.6 Å². The summed E-state index contributed by atoms with van der Waals surface area (Å²) in [5, 5.41) is 0.472. The number of benzene rings is 1. The fourth-order valence-corrected chi connectivity index (χ4v) is 4.51. The summed E-state index contributed by atoms with van der Waals surface area (Å²) in [7, 11) is -3.58. The molecule has 0 bridgehead atoms. The molecule has 1 fully saturated rings. The van der Waals surface area contributed by atoms with Crippen molar-refractivity contribution in [1.29, 1.82) is 0 Å². The van der Waals surface area contributed by atoms with E-state index >= 15 is 0 Å². The van der Waals surface area contributed by atoms with Gasteiger partial charge in [0.25, 0.3) is 0 Å². The Hall–Kier alpha value is -0.330. The summed E-state index contributed by atoms with van der Waals surface area (Å²) in [6.07, 6.45) is 0. The maximum absolute atomic E-state index is 12.8. The second-order valence-electron chi connectivity index (χ2n) is 5.33. The molecule has 0 amide bonds. The molecule has 2 rings (SSSR count). The lowest BCUT2D eigenvalue weighted by Gasteiger charge is -2.40. The third-order valence-electron chi connectivity index (χ3n) is 3.32. The van der Waals surface area contributed by atoms with Gasteiger partial charge in [0.05, 0.1) is 23.6 Å². The molecule has 112 valence electrons. The topological polar surface area (TPSA) is 46.6 Å². The maximum atomic E-state index is 12.8. The van der Waals surface area contributed by atoms with Crippen LogP contribution < -0.4 is 0 Å². The Balaban J connectivity index is 2.44. The minimum atomic E-state index is -3.58. The van der Waals surface area contributed by atoms with Crippen molar-refractivity contribution in [3.05, 3.63) is 28.8 Å². The Labute approximate surface area is 129 Å². The van der Waals surface area contributed by atoms with E-state index in [1.165, 1.54) is 16.4 Å². The molecule has 0 unspecified atom stereocenters. The summed E-state index contributed by atoms with van der Waals surface area (Å²) in [5.74, 6) is 0.175. The first-order valence-electron chi connectivity index (χ1n) is 6.24. The Morgan fingerprint density at radius 3 is 2.70 bits per heavy atom. The summed E-state index contributed by atoms with van der Waals surface area (Å²) < 4.78 is 32.4. The summed E-state index contributed by atoms with van der Waals surface area (Å²) in [6.45, 7) is 4.82. The zero-order valence-electron chi connectivity index (χ0n) is 11.4. The zero-order chi connectivity index (χ0) is 15.0. The van der Waals surface area contributed by atoms with Crippen LogP contribution in [0.15, 0.2) is 23.1 Å². The number of nitrogens with zero attached hydrogens (tertiary/aromatic N) is 1. The Kier molecular flexibility index (Phi) is 4.66. The number of hydrogen-bond acceptors (Lipinski definition) is 3. The Morgan fingerprint density at radius 1 is 1.40 bits per heavy atom. The van der Waals surface area contributed by atoms with Crippen LogP contribution in [0.25, 0.3) is 0 Å². The molecule has 0 radical (unpaired) electrons. The van der Waals surface area contributed by atoms with Gasteiger partial charge in [0.15, 0.2) is 0 Å². The molecule has 1 aliphatic heterocycles. The summed E-state index contributed by atoms with van der Waals surface area (Å²) in [6, 6.07) is 4.62. The number of hydrogen-bond donors (Lipinski definition) is 0. The maximum Gasteiger partial charge on any atom is 0.243 e. The highest BCUT2D eigenvalue weighted by atomic mass is 35.5. The number of morpholine rings is 1. The molecule has 1 saturated heterocycles. The fourth-order valence-electron chi connectivity index (χ4n) is 2.23. The first-order chi connectivity index (χ1) is 9.29. The van der Waals surface area contributed by atoms with Crippen LogP contribution in [0.4, 0.5) is 0 Å². The first-order valence-corrected chi connectivity index (χ1v) is 8.59. The minimum Gasteiger partial charge on any atom is -0.378 e. The van der Waals surface area contributed by atoms with Gasteiger partial charge in [-0.05, 0) is 37.6 Å². The van der Waals surface area contributed by atoms with Crippen LogP contribution in [0.2, 0.25) is 5.02 Å². The molecule has 20 heavy (non-hydrogen) atoms. The monoisotopic (exact) mass is 337 g/mol. The van der Waals surface area contributed by atoms with Crippen LogP contribution >= 0.6 is 23.2 Å². The van der Waals surface area contributed by atoms with Crippen molar-refractivity contribution in [2.75, 3.05) is 19.8 Å². The van der Waals surface area contributed by atoms with Crippen molar-refractivity contribution in [2.24, 2.45) is 0 Å². The molecule has 1 aliphatic rings. The van der Waals surface area contributed by atoms with Gasteiger partial charge in [-0.15, -0.1) is 11.6 Å². The highest BCUT2D eigenvalue weighted by Crippen LogP contribution is 2.29. The Bertz CT molecular complexity index is 602. The molecule has 0 spiro atoms. The van der Waals surface area contributed by atoms with Crippen LogP contribution in [0, 0.1) is 0 Å². The van der Waals surface area contributed by atoms with Crippen LogP contribution in [-0.2, 0) is 20.6 Å². The van der Waals surface area contributed by atoms with Crippen molar-refractivity contribution >= 4 is 33.2 Å². The van der Waals surface area contributed by atoms with E-state index in [4.69, 9.17) is 27.9 Å². The lowest BCUT2D eigenvalue weighted by atomic mass is 10.1. The highest BCUT2D eigenvalue weighted by Gasteiger charge is 2.39. The van der Waals surface area contributed by atoms with E-state index < -0.39 is 15.6 Å². The van der Waals surface area contributed by atoms with Gasteiger partial charge in [0.2, 0.25) is 10.0 Å². The lowest BCUT2D eigenvalue weighted by molar-refractivity contribution is -0.00770. The molecule has 1 aromatic carbocycles. The largest absolute Gasteiger partial charge is 0.378 e. The summed E-state index contributed by atoms with van der Waals surface area (Å²) in [5.41, 5.74) is 0.0400. The number of halogens is 2. The number of ether oxygens (including phenoxy) is 1. The van der Waals surface area contributed by atoms with Crippen molar-refractivity contribution in [3.63, 3.8) is 0 Å². The Morgan fingerprint density at radius 2 is 2.10 bits per heavy atom. The van der Waals surface area contributed by atoms with Gasteiger partial charge in [-0.25, -0.2) is 8.42 Å². The lowest BCUT2D eigenvalue weighted by Crippen LogP contribution is -2.55. The quantitative estimate of drug-likeness (QED) is 0.796. The van der Waals surface area contributed by atoms with E-state index in [-0.39, 0.29) is 10.8 Å². The van der Waals surface area contributed by atoms with Gasteiger partial charge in [0.1, 0.15) is 0 Å². The van der Waals surface area contributed by atoms with Gasteiger partial charge in [-0.2, -0.15) is 4.31 Å². The van der Waals surface area contributed by atoms with E-state index in [1.54, 1.807) is 6.07 Å². The predicted molar refractivity (Wildman–Crippen MR) is 79.8 cm³/mol. The first kappa shape index (κ1) is 16.0. The van der Waals surface area contributed by atoms with E-state index in [0.29, 0.717) is 30.3 Å². The third-order valence-corrected chi connectivity index (χ3v) is 6.08. The summed E-state index contributed by atoms with van der Waals surface area (Å²) in [4.78, 5) is 0.215. The zero-order valence-corrected chi connectivity index (χ0v) is 13.7. The fraction of sp³-hybridized carbons (Fsp3) is 0.538. The molecule has 0 N–H and O–H groups in total. The standard InChI is InChI=1S/C13H17Cl2NO3S/c1-13(2)9-19-6-5-16(13)20(17,18)11-3-4-12(15)10(7-11)8-14/h3-4,7H,5-6,8-9H2,1-2H3. The van der Waals surface area contributed by atoms with Gasteiger partial charge < -0.3 is 4.74 Å². The van der Waals surface area contributed by atoms with Crippen molar-refractivity contribution in [1.82, 2.24) is 4.31 Å². The third kappa shape index (κ3) is 2.97. The molecule has 7 heteroatoms. The average Bonchev–Trinajstić information content (AvgIpc) is 2.38. The van der Waals surface area contributed by atoms with Gasteiger partial charge in [0, 0.05) is 17.4 Å². The summed E-state index contributed by atoms with van der Waals surface area (Å²) >= 11 is 11.8.